The lowest BCUT2D eigenvalue weighted by atomic mass is 9.89. The van der Waals surface area contributed by atoms with Gasteiger partial charge in [0, 0.05) is 31.0 Å². The number of benzene rings is 4. The summed E-state index contributed by atoms with van der Waals surface area (Å²) < 4.78 is 8.35. The van der Waals surface area contributed by atoms with Crippen molar-refractivity contribution in [1.82, 2.24) is 14.4 Å². The fourth-order valence-corrected chi connectivity index (χ4v) is 6.06. The van der Waals surface area contributed by atoms with Crippen molar-refractivity contribution in [3.8, 4) is 11.5 Å². The van der Waals surface area contributed by atoms with Crippen molar-refractivity contribution in [2.75, 3.05) is 13.1 Å². The molecule has 1 atom stereocenters. The number of ether oxygens (including phenoxy) is 1. The summed E-state index contributed by atoms with van der Waals surface area (Å²) in [5.74, 6) is 0.785. The van der Waals surface area contributed by atoms with E-state index in [2.05, 4.69) is 16.8 Å². The highest BCUT2D eigenvalue weighted by atomic mass is 16.5. The van der Waals surface area contributed by atoms with Crippen molar-refractivity contribution < 1.29 is 14.3 Å². The van der Waals surface area contributed by atoms with Gasteiger partial charge in [0.2, 0.25) is 11.8 Å². The average molecular weight is 584 g/mol. The molecule has 6 nitrogen and oxygen atoms in total. The van der Waals surface area contributed by atoms with Crippen molar-refractivity contribution in [2.45, 2.75) is 38.4 Å². The fourth-order valence-electron chi connectivity index (χ4n) is 6.06. The summed E-state index contributed by atoms with van der Waals surface area (Å²) in [4.78, 5) is 32.3. The van der Waals surface area contributed by atoms with Gasteiger partial charge < -0.3 is 19.1 Å². The number of aromatic nitrogens is 1. The molecule has 0 bridgehead atoms. The van der Waals surface area contributed by atoms with Gasteiger partial charge >= 0.3 is 0 Å². The van der Waals surface area contributed by atoms with E-state index in [4.69, 9.17) is 4.74 Å². The lowest BCUT2D eigenvalue weighted by Gasteiger charge is -2.39. The highest BCUT2D eigenvalue weighted by Gasteiger charge is 2.36. The zero-order chi connectivity index (χ0) is 30.5. The predicted octanol–water partition coefficient (Wildman–Crippen LogP) is 7.28. The van der Waals surface area contributed by atoms with Crippen LogP contribution in [0.4, 0.5) is 0 Å². The number of rotatable bonds is 9. The summed E-state index contributed by atoms with van der Waals surface area (Å²) in [5, 5.41) is 0. The molecular formula is C38H37N3O3. The number of hydrogen-bond acceptors (Lipinski definition) is 3. The number of amides is 2. The summed E-state index contributed by atoms with van der Waals surface area (Å²) in [6, 6.07) is 40.9. The Kier molecular flexibility index (Phi) is 8.59. The quantitative estimate of drug-likeness (QED) is 0.183. The van der Waals surface area contributed by atoms with Crippen molar-refractivity contribution >= 4 is 11.8 Å². The van der Waals surface area contributed by atoms with E-state index in [1.54, 1.807) is 4.90 Å². The summed E-state index contributed by atoms with van der Waals surface area (Å²) in [5.41, 5.74) is 3.81. The van der Waals surface area contributed by atoms with Crippen molar-refractivity contribution in [2.24, 2.45) is 0 Å². The van der Waals surface area contributed by atoms with Crippen LogP contribution in [0.25, 0.3) is 0 Å². The molecule has 0 saturated heterocycles. The SMILES string of the molecule is CC(C)N(CC(=O)N1CCn2cccc2C1c1cccc(Oc2ccccc2)c1)C(=O)C(c1ccccc1)c1ccccc1. The molecule has 6 rings (SSSR count). The molecule has 0 N–H and O–H groups in total. The maximum Gasteiger partial charge on any atom is 0.243 e. The summed E-state index contributed by atoms with van der Waals surface area (Å²) in [6.45, 7) is 5.17. The van der Waals surface area contributed by atoms with Gasteiger partial charge in [-0.15, -0.1) is 0 Å². The van der Waals surface area contributed by atoms with Crippen molar-refractivity contribution in [1.29, 1.82) is 0 Å². The number of carbonyl (C=O) groups excluding carboxylic acids is 2. The number of carbonyl (C=O) groups is 2. The third kappa shape index (κ3) is 6.16. The van der Waals surface area contributed by atoms with Gasteiger partial charge in [-0.1, -0.05) is 91.0 Å². The average Bonchev–Trinajstić information content (AvgIpc) is 3.54. The molecule has 0 aliphatic carbocycles. The van der Waals surface area contributed by atoms with Gasteiger partial charge in [0.15, 0.2) is 0 Å². The summed E-state index contributed by atoms with van der Waals surface area (Å²) in [7, 11) is 0. The Bertz CT molecular complexity index is 1660. The molecule has 1 aromatic heterocycles. The Morgan fingerprint density at radius 2 is 1.36 bits per heavy atom. The molecule has 222 valence electrons. The molecule has 2 heterocycles. The molecule has 0 fully saturated rings. The molecule has 0 saturated carbocycles. The van der Waals surface area contributed by atoms with Crippen molar-refractivity contribution in [3.63, 3.8) is 0 Å². The molecule has 4 aromatic carbocycles. The maximum atomic E-state index is 14.4. The van der Waals surface area contributed by atoms with Gasteiger partial charge in [-0.2, -0.15) is 0 Å². The smallest absolute Gasteiger partial charge is 0.243 e. The predicted molar refractivity (Wildman–Crippen MR) is 173 cm³/mol. The minimum Gasteiger partial charge on any atom is -0.457 e. The van der Waals surface area contributed by atoms with Gasteiger partial charge in [0.25, 0.3) is 0 Å². The van der Waals surface area contributed by atoms with Crippen LogP contribution in [0.2, 0.25) is 0 Å². The molecule has 6 heteroatoms. The highest BCUT2D eigenvalue weighted by Crippen LogP contribution is 2.35. The Balaban J connectivity index is 1.30. The van der Waals surface area contributed by atoms with E-state index in [-0.39, 0.29) is 30.4 Å². The van der Waals surface area contributed by atoms with E-state index in [0.717, 1.165) is 28.1 Å². The van der Waals surface area contributed by atoms with Gasteiger partial charge in [0.05, 0.1) is 12.0 Å². The number of fused-ring (bicyclic) bond motifs is 1. The third-order valence-electron chi connectivity index (χ3n) is 8.24. The summed E-state index contributed by atoms with van der Waals surface area (Å²) in [6.07, 6.45) is 2.06. The van der Waals surface area contributed by atoms with E-state index in [1.165, 1.54) is 0 Å². The fraction of sp³-hybridized carbons (Fsp3) is 0.211. The first-order valence-electron chi connectivity index (χ1n) is 15.2. The zero-order valence-electron chi connectivity index (χ0n) is 25.1. The Morgan fingerprint density at radius 3 is 2.00 bits per heavy atom. The zero-order valence-corrected chi connectivity index (χ0v) is 25.1. The standard InChI is InChI=1S/C38H37N3O3/c1-28(2)41(38(43)36(29-14-6-3-7-15-29)30-16-8-4-9-17-30)27-35(42)40-25-24-39-23-13-22-34(39)37(40)31-18-12-21-33(26-31)44-32-19-10-5-11-20-32/h3-23,26,28,36-37H,24-25,27H2,1-2H3. The first-order valence-corrected chi connectivity index (χ1v) is 15.2. The molecule has 1 aliphatic heterocycles. The van der Waals surface area contributed by atoms with Crippen LogP contribution in [-0.4, -0.2) is 45.3 Å². The Morgan fingerprint density at radius 1 is 0.750 bits per heavy atom. The van der Waals surface area contributed by atoms with E-state index in [1.807, 2.05) is 140 Å². The van der Waals surface area contributed by atoms with Crippen LogP contribution < -0.4 is 4.74 Å². The molecule has 0 radical (unpaired) electrons. The molecular weight excluding hydrogens is 546 g/mol. The second-order valence-corrected chi connectivity index (χ2v) is 11.4. The number of para-hydroxylation sites is 1. The molecule has 5 aromatic rings. The van der Waals surface area contributed by atoms with Gasteiger partial charge in [-0.25, -0.2) is 0 Å². The van der Waals surface area contributed by atoms with Crippen LogP contribution in [0.3, 0.4) is 0 Å². The number of nitrogens with zero attached hydrogens (tertiary/aromatic N) is 3. The second-order valence-electron chi connectivity index (χ2n) is 11.4. The minimum absolute atomic E-state index is 0.00984. The van der Waals surface area contributed by atoms with Crippen LogP contribution in [-0.2, 0) is 16.1 Å². The topological polar surface area (TPSA) is 54.8 Å². The van der Waals surface area contributed by atoms with E-state index >= 15 is 0 Å². The Hall–Kier alpha value is -5.10. The van der Waals surface area contributed by atoms with Crippen molar-refractivity contribution in [3.05, 3.63) is 156 Å². The largest absolute Gasteiger partial charge is 0.457 e. The first kappa shape index (κ1) is 29.0. The van der Waals surface area contributed by atoms with E-state index in [0.29, 0.717) is 18.8 Å². The van der Waals surface area contributed by atoms with E-state index < -0.39 is 5.92 Å². The molecule has 0 spiro atoms. The van der Waals surface area contributed by atoms with Crippen LogP contribution >= 0.6 is 0 Å². The number of hydrogen-bond donors (Lipinski definition) is 0. The molecule has 2 amide bonds. The monoisotopic (exact) mass is 583 g/mol. The minimum atomic E-state index is -0.506. The molecule has 1 unspecified atom stereocenters. The lowest BCUT2D eigenvalue weighted by molar-refractivity contribution is -0.143. The molecule has 44 heavy (non-hydrogen) atoms. The second kappa shape index (κ2) is 13.0. The third-order valence-corrected chi connectivity index (χ3v) is 8.24. The van der Waals surface area contributed by atoms with Crippen LogP contribution in [0.5, 0.6) is 11.5 Å². The lowest BCUT2D eigenvalue weighted by Crippen LogP contribution is -2.50. The van der Waals surface area contributed by atoms with Crippen LogP contribution in [0.1, 0.15) is 48.2 Å². The van der Waals surface area contributed by atoms with Crippen LogP contribution in [0, 0.1) is 0 Å². The van der Waals surface area contributed by atoms with Gasteiger partial charge in [-0.05, 0) is 66.9 Å². The normalized spacial score (nSPS) is 14.4. The molecule has 1 aliphatic rings. The highest BCUT2D eigenvalue weighted by molar-refractivity contribution is 5.91. The maximum absolute atomic E-state index is 14.4. The van der Waals surface area contributed by atoms with Gasteiger partial charge in [0.1, 0.15) is 18.0 Å². The van der Waals surface area contributed by atoms with Gasteiger partial charge in [-0.3, -0.25) is 9.59 Å². The van der Waals surface area contributed by atoms with E-state index in [9.17, 15) is 9.59 Å². The first-order chi connectivity index (χ1) is 21.5. The van der Waals surface area contributed by atoms with Crippen LogP contribution in [0.15, 0.2) is 134 Å². The Labute approximate surface area is 259 Å². The summed E-state index contributed by atoms with van der Waals surface area (Å²) >= 11 is 0.